The average Bonchev–Trinajstić information content (AvgIpc) is 2.80. The van der Waals surface area contributed by atoms with Crippen molar-refractivity contribution in [2.75, 3.05) is 24.2 Å². The van der Waals surface area contributed by atoms with Gasteiger partial charge in [0, 0.05) is 18.7 Å². The second kappa shape index (κ2) is 11.7. The number of amides is 2. The van der Waals surface area contributed by atoms with Crippen LogP contribution in [-0.4, -0.2) is 57.1 Å². The molecular formula is C24H33N3O5S. The molecule has 0 radical (unpaired) electrons. The van der Waals surface area contributed by atoms with Crippen LogP contribution in [0.5, 0.6) is 5.75 Å². The van der Waals surface area contributed by atoms with Gasteiger partial charge in [-0.1, -0.05) is 43.3 Å². The average molecular weight is 476 g/mol. The summed E-state index contributed by atoms with van der Waals surface area (Å²) in [6.07, 6.45) is 1.79. The lowest BCUT2D eigenvalue weighted by Gasteiger charge is -2.32. The summed E-state index contributed by atoms with van der Waals surface area (Å²) in [6, 6.07) is 14.9. The van der Waals surface area contributed by atoms with E-state index in [0.29, 0.717) is 11.4 Å². The van der Waals surface area contributed by atoms with Crippen LogP contribution in [0.2, 0.25) is 0 Å². The van der Waals surface area contributed by atoms with E-state index in [1.54, 1.807) is 31.2 Å². The van der Waals surface area contributed by atoms with Crippen molar-refractivity contribution in [1.82, 2.24) is 10.2 Å². The van der Waals surface area contributed by atoms with Crippen molar-refractivity contribution in [3.05, 3.63) is 60.2 Å². The Kier molecular flexibility index (Phi) is 9.28. The Morgan fingerprint density at radius 1 is 1.06 bits per heavy atom. The topological polar surface area (TPSA) is 96.0 Å². The van der Waals surface area contributed by atoms with Gasteiger partial charge in [-0.25, -0.2) is 8.42 Å². The number of sulfonamides is 1. The highest BCUT2D eigenvalue weighted by molar-refractivity contribution is 7.92. The van der Waals surface area contributed by atoms with Crippen molar-refractivity contribution < 1.29 is 22.7 Å². The highest BCUT2D eigenvalue weighted by atomic mass is 32.2. The van der Waals surface area contributed by atoms with Crippen molar-refractivity contribution in [2.24, 2.45) is 0 Å². The second-order valence-electron chi connectivity index (χ2n) is 7.97. The van der Waals surface area contributed by atoms with Crippen molar-refractivity contribution in [3.8, 4) is 5.75 Å². The van der Waals surface area contributed by atoms with Gasteiger partial charge in [0.15, 0.2) is 0 Å². The maximum Gasteiger partial charge on any atom is 0.244 e. The van der Waals surface area contributed by atoms with Gasteiger partial charge in [0.05, 0.1) is 19.1 Å². The largest absolute Gasteiger partial charge is 0.497 e. The van der Waals surface area contributed by atoms with Gasteiger partial charge in [-0.05, 0) is 38.0 Å². The summed E-state index contributed by atoms with van der Waals surface area (Å²) in [5.74, 6) is -0.309. The van der Waals surface area contributed by atoms with Crippen LogP contribution in [0.4, 0.5) is 5.69 Å². The van der Waals surface area contributed by atoms with Crippen molar-refractivity contribution in [3.63, 3.8) is 0 Å². The number of methoxy groups -OCH3 is 1. The zero-order chi connectivity index (χ0) is 24.6. The fourth-order valence-electron chi connectivity index (χ4n) is 3.21. The number of carbonyl (C=O) groups is 2. The molecular weight excluding hydrogens is 442 g/mol. The van der Waals surface area contributed by atoms with E-state index in [1.807, 2.05) is 44.2 Å². The van der Waals surface area contributed by atoms with Crippen LogP contribution >= 0.6 is 0 Å². The van der Waals surface area contributed by atoms with E-state index in [-0.39, 0.29) is 18.5 Å². The molecule has 0 saturated heterocycles. The van der Waals surface area contributed by atoms with Gasteiger partial charge in [0.25, 0.3) is 0 Å². The second-order valence-corrected chi connectivity index (χ2v) is 9.88. The molecule has 2 atom stereocenters. The Hall–Kier alpha value is -3.07. The van der Waals surface area contributed by atoms with E-state index in [9.17, 15) is 18.0 Å². The number of hydrogen-bond acceptors (Lipinski definition) is 5. The molecule has 8 nitrogen and oxygen atoms in total. The molecule has 0 heterocycles. The molecule has 0 spiro atoms. The highest BCUT2D eigenvalue weighted by Crippen LogP contribution is 2.23. The summed E-state index contributed by atoms with van der Waals surface area (Å²) in [5.41, 5.74) is 1.14. The van der Waals surface area contributed by atoms with Crippen LogP contribution < -0.4 is 14.4 Å². The van der Waals surface area contributed by atoms with Crippen LogP contribution in [-0.2, 0) is 26.2 Å². The van der Waals surface area contributed by atoms with Gasteiger partial charge in [-0.15, -0.1) is 0 Å². The van der Waals surface area contributed by atoms with E-state index in [2.05, 4.69) is 5.32 Å². The van der Waals surface area contributed by atoms with E-state index >= 15 is 0 Å². The lowest BCUT2D eigenvalue weighted by atomic mass is 10.1. The van der Waals surface area contributed by atoms with Gasteiger partial charge >= 0.3 is 0 Å². The number of hydrogen-bond donors (Lipinski definition) is 1. The summed E-state index contributed by atoms with van der Waals surface area (Å²) in [6.45, 7) is 5.22. The third-order valence-electron chi connectivity index (χ3n) is 5.38. The van der Waals surface area contributed by atoms with Crippen LogP contribution in [0.3, 0.4) is 0 Å². The third kappa shape index (κ3) is 7.49. The minimum absolute atomic E-state index is 0.0436. The standard InChI is InChI=1S/C24H33N3O5S/c1-6-18(2)25-24(29)19(3)26(16-20-11-8-7-9-12-20)23(28)17-27(33(5,30)31)21-13-10-14-22(15-21)32-4/h7-15,18-19H,6,16-17H2,1-5H3,(H,25,29)/t18-,19-/m1/s1. The molecule has 0 fully saturated rings. The molecule has 2 amide bonds. The smallest absolute Gasteiger partial charge is 0.244 e. The Morgan fingerprint density at radius 3 is 2.30 bits per heavy atom. The molecule has 1 N–H and O–H groups in total. The zero-order valence-corrected chi connectivity index (χ0v) is 20.6. The molecule has 9 heteroatoms. The molecule has 0 bridgehead atoms. The van der Waals surface area contributed by atoms with E-state index in [4.69, 9.17) is 4.74 Å². The Morgan fingerprint density at radius 2 is 1.73 bits per heavy atom. The molecule has 33 heavy (non-hydrogen) atoms. The zero-order valence-electron chi connectivity index (χ0n) is 19.8. The van der Waals surface area contributed by atoms with E-state index < -0.39 is 28.5 Å². The number of rotatable bonds is 11. The molecule has 2 aromatic carbocycles. The minimum Gasteiger partial charge on any atom is -0.497 e. The molecule has 0 aromatic heterocycles. The van der Waals surface area contributed by atoms with Crippen LogP contribution in [0, 0.1) is 0 Å². The summed E-state index contributed by atoms with van der Waals surface area (Å²) in [4.78, 5) is 27.7. The number of ether oxygens (including phenoxy) is 1. The highest BCUT2D eigenvalue weighted by Gasteiger charge is 2.30. The molecule has 0 aliphatic carbocycles. The summed E-state index contributed by atoms with van der Waals surface area (Å²) < 4.78 is 31.4. The number of anilines is 1. The predicted octanol–water partition coefficient (Wildman–Crippen LogP) is 2.79. The van der Waals surface area contributed by atoms with Gasteiger partial charge in [-0.2, -0.15) is 0 Å². The van der Waals surface area contributed by atoms with Gasteiger partial charge in [0.1, 0.15) is 18.3 Å². The monoisotopic (exact) mass is 475 g/mol. The Labute approximate surface area is 196 Å². The first-order valence-electron chi connectivity index (χ1n) is 10.8. The minimum atomic E-state index is -3.78. The molecule has 2 aromatic rings. The molecule has 180 valence electrons. The first-order valence-corrected chi connectivity index (χ1v) is 12.7. The van der Waals surface area contributed by atoms with Gasteiger partial charge < -0.3 is 15.0 Å². The predicted molar refractivity (Wildman–Crippen MR) is 130 cm³/mol. The fourth-order valence-corrected chi connectivity index (χ4v) is 4.05. The van der Waals surface area contributed by atoms with Crippen LogP contribution in [0.1, 0.15) is 32.8 Å². The first-order chi connectivity index (χ1) is 15.6. The summed E-state index contributed by atoms with van der Waals surface area (Å²) in [5, 5.41) is 2.90. The third-order valence-corrected chi connectivity index (χ3v) is 6.53. The number of carbonyl (C=O) groups excluding carboxylic acids is 2. The van der Waals surface area contributed by atoms with Crippen molar-refractivity contribution in [2.45, 2.75) is 45.8 Å². The normalized spacial score (nSPS) is 13.0. The fraction of sp³-hybridized carbons (Fsp3) is 0.417. The molecule has 0 saturated carbocycles. The van der Waals surface area contributed by atoms with Gasteiger partial charge in [0.2, 0.25) is 21.8 Å². The van der Waals surface area contributed by atoms with Crippen LogP contribution in [0.15, 0.2) is 54.6 Å². The SMILES string of the molecule is CC[C@@H](C)NC(=O)[C@@H](C)N(Cc1ccccc1)C(=O)CN(c1cccc(OC)c1)S(C)(=O)=O. The maximum absolute atomic E-state index is 13.4. The van der Waals surface area contributed by atoms with Crippen LogP contribution in [0.25, 0.3) is 0 Å². The Bertz CT molecular complexity index is 1040. The number of nitrogens with one attached hydrogen (secondary N) is 1. The quantitative estimate of drug-likeness (QED) is 0.539. The lowest BCUT2D eigenvalue weighted by molar-refractivity contribution is -0.139. The summed E-state index contributed by atoms with van der Waals surface area (Å²) >= 11 is 0. The summed E-state index contributed by atoms with van der Waals surface area (Å²) in [7, 11) is -2.30. The lowest BCUT2D eigenvalue weighted by Crippen LogP contribution is -2.52. The van der Waals surface area contributed by atoms with Crippen molar-refractivity contribution in [1.29, 1.82) is 0 Å². The number of nitrogens with zero attached hydrogens (tertiary/aromatic N) is 2. The molecule has 0 aliphatic heterocycles. The first kappa shape index (κ1) is 26.2. The van der Waals surface area contributed by atoms with E-state index in [1.165, 1.54) is 12.0 Å². The van der Waals surface area contributed by atoms with Gasteiger partial charge in [-0.3, -0.25) is 13.9 Å². The van der Waals surface area contributed by atoms with E-state index in [0.717, 1.165) is 22.5 Å². The maximum atomic E-state index is 13.4. The molecule has 0 unspecified atom stereocenters. The molecule has 0 aliphatic rings. The molecule has 2 rings (SSSR count). The number of benzene rings is 2. The Balaban J connectivity index is 2.37. The van der Waals surface area contributed by atoms with Crippen molar-refractivity contribution >= 4 is 27.5 Å².